The van der Waals surface area contributed by atoms with Crippen LogP contribution in [0.1, 0.15) is 19.7 Å². The van der Waals surface area contributed by atoms with E-state index in [1.165, 1.54) is 0 Å². The van der Waals surface area contributed by atoms with E-state index in [2.05, 4.69) is 28.3 Å². The van der Waals surface area contributed by atoms with Crippen LogP contribution < -0.4 is 0 Å². The third kappa shape index (κ3) is 2.21. The fraction of sp³-hybridized carbons (Fsp3) is 0.727. The SMILES string of the molecule is Cn1ccnc1CN1CCOCC1(C)C. The van der Waals surface area contributed by atoms with E-state index in [1.807, 2.05) is 19.4 Å². The van der Waals surface area contributed by atoms with Crippen molar-refractivity contribution in [1.82, 2.24) is 14.5 Å². The summed E-state index contributed by atoms with van der Waals surface area (Å²) in [6.45, 7) is 7.95. The van der Waals surface area contributed by atoms with Crippen molar-refractivity contribution in [1.29, 1.82) is 0 Å². The van der Waals surface area contributed by atoms with E-state index in [0.717, 1.165) is 32.1 Å². The lowest BCUT2D eigenvalue weighted by Gasteiger charge is -2.41. The van der Waals surface area contributed by atoms with Crippen molar-refractivity contribution < 1.29 is 4.74 Å². The first-order valence-corrected chi connectivity index (χ1v) is 5.38. The van der Waals surface area contributed by atoms with Crippen molar-refractivity contribution in [3.8, 4) is 0 Å². The molecule has 4 heteroatoms. The molecule has 1 aliphatic rings. The quantitative estimate of drug-likeness (QED) is 0.729. The molecule has 1 aromatic heterocycles. The summed E-state index contributed by atoms with van der Waals surface area (Å²) >= 11 is 0. The van der Waals surface area contributed by atoms with Crippen molar-refractivity contribution in [2.75, 3.05) is 19.8 Å². The van der Waals surface area contributed by atoms with Crippen LogP contribution in [-0.4, -0.2) is 39.7 Å². The zero-order valence-corrected chi connectivity index (χ0v) is 9.73. The van der Waals surface area contributed by atoms with Crippen molar-refractivity contribution in [3.05, 3.63) is 18.2 Å². The molecular weight excluding hydrogens is 190 g/mol. The van der Waals surface area contributed by atoms with E-state index in [0.29, 0.717) is 0 Å². The molecule has 0 aliphatic carbocycles. The Morgan fingerprint density at radius 2 is 2.33 bits per heavy atom. The molecule has 0 saturated carbocycles. The van der Waals surface area contributed by atoms with E-state index in [4.69, 9.17) is 4.74 Å². The van der Waals surface area contributed by atoms with Gasteiger partial charge in [-0.15, -0.1) is 0 Å². The number of hydrogen-bond acceptors (Lipinski definition) is 3. The molecule has 1 aliphatic heterocycles. The summed E-state index contributed by atoms with van der Waals surface area (Å²) in [5, 5.41) is 0. The lowest BCUT2D eigenvalue weighted by molar-refractivity contribution is -0.0566. The van der Waals surface area contributed by atoms with Gasteiger partial charge in [-0.3, -0.25) is 4.90 Å². The molecule has 0 bridgehead atoms. The van der Waals surface area contributed by atoms with Crippen LogP contribution in [0.15, 0.2) is 12.4 Å². The fourth-order valence-electron chi connectivity index (χ4n) is 1.90. The van der Waals surface area contributed by atoms with Gasteiger partial charge >= 0.3 is 0 Å². The summed E-state index contributed by atoms with van der Waals surface area (Å²) in [6, 6.07) is 0. The summed E-state index contributed by atoms with van der Waals surface area (Å²) in [7, 11) is 2.04. The van der Waals surface area contributed by atoms with Gasteiger partial charge in [0.25, 0.3) is 0 Å². The van der Waals surface area contributed by atoms with Gasteiger partial charge in [0, 0.05) is 31.5 Å². The van der Waals surface area contributed by atoms with Gasteiger partial charge in [0.2, 0.25) is 0 Å². The Morgan fingerprint density at radius 3 is 2.93 bits per heavy atom. The van der Waals surface area contributed by atoms with Gasteiger partial charge in [-0.25, -0.2) is 4.98 Å². The molecule has 2 rings (SSSR count). The molecule has 1 fully saturated rings. The summed E-state index contributed by atoms with van der Waals surface area (Å²) in [4.78, 5) is 6.79. The molecule has 2 heterocycles. The average molecular weight is 209 g/mol. The molecule has 84 valence electrons. The van der Waals surface area contributed by atoms with Gasteiger partial charge in [-0.2, -0.15) is 0 Å². The molecule has 0 radical (unpaired) electrons. The smallest absolute Gasteiger partial charge is 0.122 e. The van der Waals surface area contributed by atoms with Crippen LogP contribution >= 0.6 is 0 Å². The Bertz CT molecular complexity index is 332. The van der Waals surface area contributed by atoms with Gasteiger partial charge in [0.1, 0.15) is 5.82 Å². The van der Waals surface area contributed by atoms with Gasteiger partial charge in [-0.1, -0.05) is 0 Å². The van der Waals surface area contributed by atoms with Gasteiger partial charge < -0.3 is 9.30 Å². The third-order valence-corrected chi connectivity index (χ3v) is 3.07. The highest BCUT2D eigenvalue weighted by Crippen LogP contribution is 2.20. The Hall–Kier alpha value is -0.870. The van der Waals surface area contributed by atoms with Gasteiger partial charge in [0.05, 0.1) is 19.8 Å². The lowest BCUT2D eigenvalue weighted by atomic mass is 10.0. The predicted molar refractivity (Wildman–Crippen MR) is 58.5 cm³/mol. The number of morpholine rings is 1. The molecule has 4 nitrogen and oxygen atoms in total. The van der Waals surface area contributed by atoms with Crippen LogP contribution in [0.5, 0.6) is 0 Å². The van der Waals surface area contributed by atoms with E-state index < -0.39 is 0 Å². The zero-order valence-electron chi connectivity index (χ0n) is 9.73. The number of hydrogen-bond donors (Lipinski definition) is 0. The Balaban J connectivity index is 2.07. The van der Waals surface area contributed by atoms with Crippen LogP contribution in [0.4, 0.5) is 0 Å². The number of imidazole rings is 1. The van der Waals surface area contributed by atoms with Crippen molar-refractivity contribution >= 4 is 0 Å². The molecule has 0 amide bonds. The maximum Gasteiger partial charge on any atom is 0.122 e. The first-order chi connectivity index (χ1) is 7.09. The van der Waals surface area contributed by atoms with E-state index in [-0.39, 0.29) is 5.54 Å². The summed E-state index contributed by atoms with van der Waals surface area (Å²) < 4.78 is 7.57. The lowest BCUT2D eigenvalue weighted by Crippen LogP contribution is -2.52. The Kier molecular flexibility index (Phi) is 2.80. The number of aryl methyl sites for hydroxylation is 1. The number of ether oxygens (including phenoxy) is 1. The molecule has 1 saturated heterocycles. The van der Waals surface area contributed by atoms with E-state index in [9.17, 15) is 0 Å². The van der Waals surface area contributed by atoms with Crippen LogP contribution in [-0.2, 0) is 18.3 Å². The van der Waals surface area contributed by atoms with Crippen molar-refractivity contribution in [3.63, 3.8) is 0 Å². The highest BCUT2D eigenvalue weighted by molar-refractivity contribution is 4.94. The molecule has 1 aromatic rings. The summed E-state index contributed by atoms with van der Waals surface area (Å²) in [5.41, 5.74) is 0.115. The third-order valence-electron chi connectivity index (χ3n) is 3.07. The first kappa shape index (κ1) is 10.6. The van der Waals surface area contributed by atoms with Crippen LogP contribution in [0.3, 0.4) is 0 Å². The average Bonchev–Trinajstić information content (AvgIpc) is 2.56. The minimum Gasteiger partial charge on any atom is -0.378 e. The second kappa shape index (κ2) is 3.94. The highest BCUT2D eigenvalue weighted by Gasteiger charge is 2.30. The van der Waals surface area contributed by atoms with Crippen LogP contribution in [0.2, 0.25) is 0 Å². The molecule has 15 heavy (non-hydrogen) atoms. The molecule has 0 spiro atoms. The molecular formula is C11H19N3O. The van der Waals surface area contributed by atoms with E-state index >= 15 is 0 Å². The molecule has 0 unspecified atom stereocenters. The van der Waals surface area contributed by atoms with Crippen LogP contribution in [0.25, 0.3) is 0 Å². The van der Waals surface area contributed by atoms with E-state index in [1.54, 1.807) is 0 Å². The maximum absolute atomic E-state index is 5.50. The molecule has 0 aromatic carbocycles. The fourth-order valence-corrected chi connectivity index (χ4v) is 1.90. The number of rotatable bonds is 2. The van der Waals surface area contributed by atoms with Crippen LogP contribution in [0, 0.1) is 0 Å². The topological polar surface area (TPSA) is 30.3 Å². The second-order valence-corrected chi connectivity index (χ2v) is 4.74. The minimum absolute atomic E-state index is 0.115. The minimum atomic E-state index is 0.115. The Labute approximate surface area is 90.9 Å². The summed E-state index contributed by atoms with van der Waals surface area (Å²) in [6.07, 6.45) is 3.84. The van der Waals surface area contributed by atoms with Gasteiger partial charge in [-0.05, 0) is 13.8 Å². The number of aromatic nitrogens is 2. The highest BCUT2D eigenvalue weighted by atomic mass is 16.5. The van der Waals surface area contributed by atoms with Gasteiger partial charge in [0.15, 0.2) is 0 Å². The number of nitrogens with zero attached hydrogens (tertiary/aromatic N) is 3. The normalized spacial score (nSPS) is 21.8. The first-order valence-electron chi connectivity index (χ1n) is 5.38. The monoisotopic (exact) mass is 209 g/mol. The molecule has 0 N–H and O–H groups in total. The summed E-state index contributed by atoms with van der Waals surface area (Å²) in [5.74, 6) is 1.12. The second-order valence-electron chi connectivity index (χ2n) is 4.74. The molecule has 0 atom stereocenters. The largest absolute Gasteiger partial charge is 0.378 e. The van der Waals surface area contributed by atoms with Crippen molar-refractivity contribution in [2.45, 2.75) is 25.9 Å². The van der Waals surface area contributed by atoms with Crippen molar-refractivity contribution in [2.24, 2.45) is 7.05 Å². The zero-order chi connectivity index (χ0) is 10.9. The predicted octanol–water partition coefficient (Wildman–Crippen LogP) is 1.03. The maximum atomic E-state index is 5.50. The Morgan fingerprint density at radius 1 is 1.53 bits per heavy atom. The standard InChI is InChI=1S/C11H19N3O/c1-11(2)9-15-7-6-14(11)8-10-12-4-5-13(10)3/h4-5H,6-9H2,1-3H3.